The normalized spacial score (nSPS) is 12.8. The zero-order chi connectivity index (χ0) is 11.3. The molecule has 1 rings (SSSR count). The molecule has 1 aromatic rings. The smallest absolute Gasteiger partial charge is 0.142 e. The Labute approximate surface area is 98.3 Å². The van der Waals surface area contributed by atoms with Crippen LogP contribution in [-0.2, 0) is 6.42 Å². The van der Waals surface area contributed by atoms with E-state index in [0.29, 0.717) is 6.42 Å². The summed E-state index contributed by atoms with van der Waals surface area (Å²) in [5.41, 5.74) is 3.48. The molecule has 5 heteroatoms. The van der Waals surface area contributed by atoms with Crippen molar-refractivity contribution in [1.29, 1.82) is 0 Å². The summed E-state index contributed by atoms with van der Waals surface area (Å²) in [6, 6.07) is 4.93. The second kappa shape index (κ2) is 6.33. The second-order valence-corrected chi connectivity index (χ2v) is 4.52. The molecule has 0 aliphatic rings. The lowest BCUT2D eigenvalue weighted by Gasteiger charge is -2.15. The molecule has 0 saturated heterocycles. The first-order valence-corrected chi connectivity index (χ1v) is 6.34. The summed E-state index contributed by atoms with van der Waals surface area (Å²) in [7, 11) is 0. The molecule has 1 aromatic carbocycles. The van der Waals surface area contributed by atoms with Gasteiger partial charge in [-0.15, -0.1) is 0 Å². The third kappa shape index (κ3) is 3.65. The van der Waals surface area contributed by atoms with Crippen molar-refractivity contribution in [3.8, 4) is 0 Å². The minimum absolute atomic E-state index is 0.110. The predicted molar refractivity (Wildman–Crippen MR) is 64.6 cm³/mol. The van der Waals surface area contributed by atoms with Crippen LogP contribution in [0, 0.1) is 5.82 Å². The lowest BCUT2D eigenvalue weighted by molar-refractivity contribution is 0.571. The van der Waals surface area contributed by atoms with Crippen molar-refractivity contribution < 1.29 is 4.39 Å². The van der Waals surface area contributed by atoms with Crippen LogP contribution < -0.4 is 11.3 Å². The van der Waals surface area contributed by atoms with E-state index in [0.717, 1.165) is 11.3 Å². The standard InChI is InChI=1S/C10H14ClFN2S/c1-15-6-8(14-13)5-7-3-2-4-9(12)10(7)11/h2-4,8,14H,5-6,13H2,1H3. The predicted octanol–water partition coefficient (Wildman–Crippen LogP) is 2.22. The Morgan fingerprint density at radius 3 is 2.93 bits per heavy atom. The van der Waals surface area contributed by atoms with Crippen LogP contribution in [0.2, 0.25) is 5.02 Å². The summed E-state index contributed by atoms with van der Waals surface area (Å²) in [5.74, 6) is 5.88. The van der Waals surface area contributed by atoms with Crippen molar-refractivity contribution in [1.82, 2.24) is 5.43 Å². The topological polar surface area (TPSA) is 38.0 Å². The van der Waals surface area contributed by atoms with Gasteiger partial charge in [0, 0.05) is 11.8 Å². The molecular formula is C10H14ClFN2S. The summed E-state index contributed by atoms with van der Waals surface area (Å²) in [4.78, 5) is 0. The molecule has 0 aliphatic carbocycles. The first kappa shape index (κ1) is 12.8. The van der Waals surface area contributed by atoms with E-state index in [4.69, 9.17) is 17.4 Å². The average Bonchev–Trinajstić information content (AvgIpc) is 2.24. The largest absolute Gasteiger partial charge is 0.271 e. The summed E-state index contributed by atoms with van der Waals surface area (Å²) >= 11 is 7.53. The van der Waals surface area contributed by atoms with E-state index in [-0.39, 0.29) is 16.9 Å². The van der Waals surface area contributed by atoms with Crippen LogP contribution in [0.5, 0.6) is 0 Å². The fourth-order valence-electron chi connectivity index (χ4n) is 1.34. The van der Waals surface area contributed by atoms with Gasteiger partial charge in [0.05, 0.1) is 5.02 Å². The Bertz CT molecular complexity index is 322. The molecule has 0 fully saturated rings. The lowest BCUT2D eigenvalue weighted by Crippen LogP contribution is -2.38. The quantitative estimate of drug-likeness (QED) is 0.620. The van der Waals surface area contributed by atoms with Crippen LogP contribution in [0.25, 0.3) is 0 Å². The number of thioether (sulfide) groups is 1. The van der Waals surface area contributed by atoms with Gasteiger partial charge in [-0.25, -0.2) is 4.39 Å². The van der Waals surface area contributed by atoms with Crippen molar-refractivity contribution >= 4 is 23.4 Å². The van der Waals surface area contributed by atoms with E-state index < -0.39 is 0 Å². The molecule has 0 amide bonds. The fraction of sp³-hybridized carbons (Fsp3) is 0.400. The van der Waals surface area contributed by atoms with Crippen LogP contribution in [0.15, 0.2) is 18.2 Å². The van der Waals surface area contributed by atoms with Gasteiger partial charge < -0.3 is 0 Å². The molecule has 0 aliphatic heterocycles. The molecule has 1 unspecified atom stereocenters. The number of nitrogens with one attached hydrogen (secondary N) is 1. The molecule has 1 atom stereocenters. The van der Waals surface area contributed by atoms with E-state index >= 15 is 0 Å². The molecule has 0 bridgehead atoms. The van der Waals surface area contributed by atoms with E-state index in [1.807, 2.05) is 12.3 Å². The Balaban J connectivity index is 2.74. The molecule has 0 saturated carbocycles. The van der Waals surface area contributed by atoms with Gasteiger partial charge in [0.2, 0.25) is 0 Å². The molecule has 0 spiro atoms. The molecule has 15 heavy (non-hydrogen) atoms. The minimum Gasteiger partial charge on any atom is -0.271 e. The van der Waals surface area contributed by atoms with Crippen LogP contribution in [-0.4, -0.2) is 18.1 Å². The highest BCUT2D eigenvalue weighted by atomic mass is 35.5. The van der Waals surface area contributed by atoms with Gasteiger partial charge in [-0.05, 0) is 24.3 Å². The third-order valence-corrected chi connectivity index (χ3v) is 3.26. The van der Waals surface area contributed by atoms with Crippen LogP contribution >= 0.6 is 23.4 Å². The van der Waals surface area contributed by atoms with Gasteiger partial charge in [-0.3, -0.25) is 11.3 Å². The second-order valence-electron chi connectivity index (χ2n) is 3.24. The summed E-state index contributed by atoms with van der Waals surface area (Å²) < 4.78 is 13.1. The number of benzene rings is 1. The van der Waals surface area contributed by atoms with E-state index in [2.05, 4.69) is 5.43 Å². The van der Waals surface area contributed by atoms with Gasteiger partial charge in [-0.2, -0.15) is 11.8 Å². The number of rotatable bonds is 5. The van der Waals surface area contributed by atoms with Crippen molar-refractivity contribution in [3.05, 3.63) is 34.6 Å². The van der Waals surface area contributed by atoms with E-state index in [1.165, 1.54) is 6.07 Å². The van der Waals surface area contributed by atoms with Gasteiger partial charge in [-0.1, -0.05) is 23.7 Å². The molecule has 0 aromatic heterocycles. The lowest BCUT2D eigenvalue weighted by atomic mass is 10.1. The minimum atomic E-state index is -0.380. The van der Waals surface area contributed by atoms with Gasteiger partial charge >= 0.3 is 0 Å². The molecule has 3 N–H and O–H groups in total. The summed E-state index contributed by atoms with van der Waals surface area (Å²) in [6.45, 7) is 0. The molecule has 0 radical (unpaired) electrons. The maximum absolute atomic E-state index is 13.1. The van der Waals surface area contributed by atoms with E-state index in [9.17, 15) is 4.39 Å². The Morgan fingerprint density at radius 1 is 1.60 bits per heavy atom. The molecule has 0 heterocycles. The molecule has 84 valence electrons. The van der Waals surface area contributed by atoms with Crippen molar-refractivity contribution in [3.63, 3.8) is 0 Å². The summed E-state index contributed by atoms with van der Waals surface area (Å²) in [5, 5.41) is 0.193. The fourth-order valence-corrected chi connectivity index (χ4v) is 2.16. The first-order valence-electron chi connectivity index (χ1n) is 4.57. The van der Waals surface area contributed by atoms with E-state index in [1.54, 1.807) is 17.8 Å². The van der Waals surface area contributed by atoms with Crippen LogP contribution in [0.4, 0.5) is 4.39 Å². The number of halogens is 2. The Hall–Kier alpha value is -0.290. The number of hydrogen-bond acceptors (Lipinski definition) is 3. The van der Waals surface area contributed by atoms with Gasteiger partial charge in [0.15, 0.2) is 0 Å². The summed E-state index contributed by atoms with van der Waals surface area (Å²) in [6.07, 6.45) is 2.63. The third-order valence-electron chi connectivity index (χ3n) is 2.10. The molecular weight excluding hydrogens is 235 g/mol. The Morgan fingerprint density at radius 2 is 2.33 bits per heavy atom. The average molecular weight is 249 g/mol. The number of hydrazine groups is 1. The monoisotopic (exact) mass is 248 g/mol. The Kier molecular flexibility index (Phi) is 5.39. The first-order chi connectivity index (χ1) is 7.19. The number of hydrogen-bond donors (Lipinski definition) is 2. The highest BCUT2D eigenvalue weighted by Crippen LogP contribution is 2.21. The van der Waals surface area contributed by atoms with Crippen LogP contribution in [0.3, 0.4) is 0 Å². The maximum atomic E-state index is 13.1. The van der Waals surface area contributed by atoms with Crippen molar-refractivity contribution in [2.24, 2.45) is 5.84 Å². The zero-order valence-electron chi connectivity index (χ0n) is 8.47. The zero-order valence-corrected chi connectivity index (χ0v) is 10.0. The number of nitrogens with two attached hydrogens (primary N) is 1. The van der Waals surface area contributed by atoms with Gasteiger partial charge in [0.25, 0.3) is 0 Å². The highest BCUT2D eigenvalue weighted by Gasteiger charge is 2.11. The highest BCUT2D eigenvalue weighted by molar-refractivity contribution is 7.98. The maximum Gasteiger partial charge on any atom is 0.142 e. The van der Waals surface area contributed by atoms with Crippen molar-refractivity contribution in [2.75, 3.05) is 12.0 Å². The van der Waals surface area contributed by atoms with Crippen molar-refractivity contribution in [2.45, 2.75) is 12.5 Å². The van der Waals surface area contributed by atoms with Gasteiger partial charge in [0.1, 0.15) is 5.82 Å². The molecule has 2 nitrogen and oxygen atoms in total. The van der Waals surface area contributed by atoms with Crippen LogP contribution in [0.1, 0.15) is 5.56 Å². The SMILES string of the molecule is CSCC(Cc1cccc(F)c1Cl)NN.